The van der Waals surface area contributed by atoms with E-state index in [9.17, 15) is 9.59 Å². The summed E-state index contributed by atoms with van der Waals surface area (Å²) in [6.07, 6.45) is 4.14. The van der Waals surface area contributed by atoms with Crippen LogP contribution >= 0.6 is 24.0 Å². The molecule has 3 rings (SSSR count). The summed E-state index contributed by atoms with van der Waals surface area (Å²) >= 11 is 6.22. The summed E-state index contributed by atoms with van der Waals surface area (Å²) in [4.78, 5) is 25.7. The van der Waals surface area contributed by atoms with Crippen molar-refractivity contribution < 1.29 is 24.9 Å². The highest BCUT2D eigenvalue weighted by atomic mass is 35.5. The van der Waals surface area contributed by atoms with E-state index in [2.05, 4.69) is 10.2 Å². The van der Waals surface area contributed by atoms with Crippen LogP contribution in [0, 0.1) is 0 Å². The number of carbonyl (C=O) groups excluding carboxylic acids is 1. The number of fused-ring (bicyclic) bond motifs is 1. The van der Waals surface area contributed by atoms with Gasteiger partial charge in [0.1, 0.15) is 5.75 Å². The number of carboxylic acids is 1. The number of hydrogen-bond acceptors (Lipinski definition) is 5. The Balaban J connectivity index is 0.00000210. The first-order chi connectivity index (χ1) is 13.0. The van der Waals surface area contributed by atoms with Gasteiger partial charge in [0.25, 0.3) is 5.91 Å². The zero-order valence-corrected chi connectivity index (χ0v) is 17.8. The van der Waals surface area contributed by atoms with E-state index in [1.807, 2.05) is 0 Å². The van der Waals surface area contributed by atoms with Crippen molar-refractivity contribution in [3.63, 3.8) is 0 Å². The van der Waals surface area contributed by atoms with Crippen LogP contribution in [0.5, 0.6) is 5.75 Å². The van der Waals surface area contributed by atoms with Gasteiger partial charge in [0.2, 0.25) is 0 Å². The zero-order chi connectivity index (χ0) is 19.4. The smallest absolute Gasteiger partial charge is 0.303 e. The van der Waals surface area contributed by atoms with Crippen LogP contribution in [-0.2, 0) is 11.2 Å². The first-order valence-electron chi connectivity index (χ1n) is 9.44. The fourth-order valence-corrected chi connectivity index (χ4v) is 3.95. The van der Waals surface area contributed by atoms with Crippen molar-refractivity contribution in [1.82, 2.24) is 10.2 Å². The Morgan fingerprint density at radius 2 is 2.03 bits per heavy atom. The quantitative estimate of drug-likeness (QED) is 0.567. The zero-order valence-electron chi connectivity index (χ0n) is 16.2. The predicted molar refractivity (Wildman–Crippen MR) is 114 cm³/mol. The van der Waals surface area contributed by atoms with Crippen LogP contribution in [-0.4, -0.2) is 59.6 Å². The molecule has 0 radical (unpaired) electrons. The van der Waals surface area contributed by atoms with Gasteiger partial charge in [0, 0.05) is 31.1 Å². The molecule has 1 saturated heterocycles. The highest BCUT2D eigenvalue weighted by molar-refractivity contribution is 6.33. The molecule has 0 saturated carbocycles. The van der Waals surface area contributed by atoms with E-state index in [0.29, 0.717) is 35.1 Å². The number of rotatable bonds is 6. The minimum Gasteiger partial charge on any atom is -0.492 e. The number of aliphatic carboxylic acids is 1. The topological polar surface area (TPSA) is 136 Å². The van der Waals surface area contributed by atoms with Gasteiger partial charge in [-0.1, -0.05) is 11.6 Å². The molecule has 1 aromatic rings. The highest BCUT2D eigenvalue weighted by Crippen LogP contribution is 2.38. The maximum atomic E-state index is 12.8. The van der Waals surface area contributed by atoms with E-state index in [0.717, 1.165) is 50.9 Å². The number of benzene rings is 1. The molecule has 0 bridgehead atoms. The molecule has 0 spiro atoms. The number of nitrogens with one attached hydrogen (secondary N) is 1. The second-order valence-corrected chi connectivity index (χ2v) is 7.57. The van der Waals surface area contributed by atoms with Crippen molar-refractivity contribution in [3.05, 3.63) is 22.2 Å². The summed E-state index contributed by atoms with van der Waals surface area (Å²) in [5.74, 6) is -0.379. The number of likely N-dealkylation sites (tertiary alicyclic amines) is 1. The molecular weight excluding hydrogens is 421 g/mol. The lowest BCUT2D eigenvalue weighted by Gasteiger charge is -2.32. The second-order valence-electron chi connectivity index (χ2n) is 7.17. The third kappa shape index (κ3) is 6.37. The lowest BCUT2D eigenvalue weighted by molar-refractivity contribution is -0.137. The van der Waals surface area contributed by atoms with Crippen molar-refractivity contribution in [2.24, 2.45) is 0 Å². The van der Waals surface area contributed by atoms with Gasteiger partial charge in [-0.3, -0.25) is 9.59 Å². The highest BCUT2D eigenvalue weighted by Gasteiger charge is 2.26. The van der Waals surface area contributed by atoms with Gasteiger partial charge in [-0.25, -0.2) is 0 Å². The monoisotopic (exact) mass is 449 g/mol. The molecule has 29 heavy (non-hydrogen) atoms. The van der Waals surface area contributed by atoms with Crippen molar-refractivity contribution in [2.45, 2.75) is 44.6 Å². The van der Waals surface area contributed by atoms with Crippen LogP contribution < -0.4 is 15.8 Å². The van der Waals surface area contributed by atoms with Crippen LogP contribution in [0.15, 0.2) is 6.07 Å². The molecule has 0 aromatic heterocycles. The molecule has 1 fully saturated rings. The molecule has 8 nitrogen and oxygen atoms in total. The summed E-state index contributed by atoms with van der Waals surface area (Å²) in [5.41, 5.74) is 7.82. The van der Waals surface area contributed by atoms with E-state index in [-0.39, 0.29) is 36.3 Å². The molecule has 6 N–H and O–H groups in total. The Kier molecular flexibility index (Phi) is 9.98. The van der Waals surface area contributed by atoms with Gasteiger partial charge in [-0.2, -0.15) is 0 Å². The normalized spacial score (nSPS) is 16.6. The summed E-state index contributed by atoms with van der Waals surface area (Å²) < 4.78 is 5.73. The lowest BCUT2D eigenvalue weighted by atomic mass is 9.98. The summed E-state index contributed by atoms with van der Waals surface area (Å²) in [6, 6.07) is 1.68. The van der Waals surface area contributed by atoms with E-state index in [1.54, 1.807) is 6.07 Å². The van der Waals surface area contributed by atoms with E-state index in [1.165, 1.54) is 0 Å². The van der Waals surface area contributed by atoms with E-state index < -0.39 is 5.97 Å². The van der Waals surface area contributed by atoms with Crippen molar-refractivity contribution in [1.29, 1.82) is 0 Å². The van der Waals surface area contributed by atoms with Crippen molar-refractivity contribution in [2.75, 3.05) is 32.0 Å². The molecule has 1 aromatic carbocycles. The predicted octanol–water partition coefficient (Wildman–Crippen LogP) is 1.90. The minimum absolute atomic E-state index is 0. The molecule has 0 atom stereocenters. The maximum absolute atomic E-state index is 12.8. The first kappa shape index (κ1) is 25.3. The number of amides is 1. The van der Waals surface area contributed by atoms with E-state index in [4.69, 9.17) is 27.2 Å². The Labute approximate surface area is 181 Å². The molecule has 0 unspecified atom stereocenters. The van der Waals surface area contributed by atoms with Gasteiger partial charge in [-0.15, -0.1) is 12.4 Å². The van der Waals surface area contributed by atoms with Crippen LogP contribution in [0.1, 0.15) is 48.0 Å². The summed E-state index contributed by atoms with van der Waals surface area (Å²) in [7, 11) is 0. The summed E-state index contributed by atoms with van der Waals surface area (Å²) in [5, 5.41) is 12.2. The SMILES string of the molecule is Cl.Nc1c(Cl)cc(C(=O)NC2CCN(CCCC(=O)O)CC2)c2c1CCCO2.O. The van der Waals surface area contributed by atoms with Gasteiger partial charge in [0.15, 0.2) is 0 Å². The molecule has 2 heterocycles. The number of nitrogens with two attached hydrogens (primary N) is 1. The van der Waals surface area contributed by atoms with Gasteiger partial charge < -0.3 is 31.3 Å². The number of carbonyl (C=O) groups is 2. The molecule has 1 amide bonds. The average molecular weight is 450 g/mol. The lowest BCUT2D eigenvalue weighted by Crippen LogP contribution is -2.45. The van der Waals surface area contributed by atoms with Crippen LogP contribution in [0.25, 0.3) is 0 Å². The molecule has 10 heteroatoms. The van der Waals surface area contributed by atoms with Crippen LogP contribution in [0.2, 0.25) is 5.02 Å². The Morgan fingerprint density at radius 1 is 1.34 bits per heavy atom. The van der Waals surface area contributed by atoms with Crippen molar-refractivity contribution in [3.8, 4) is 5.75 Å². The molecule has 164 valence electrons. The number of carboxylic acid groups (broad SMARTS) is 1. The first-order valence-corrected chi connectivity index (χ1v) is 9.82. The fourth-order valence-electron chi connectivity index (χ4n) is 3.72. The largest absolute Gasteiger partial charge is 0.492 e. The molecule has 2 aliphatic heterocycles. The number of halogens is 2. The summed E-state index contributed by atoms with van der Waals surface area (Å²) in [6.45, 7) is 3.05. The van der Waals surface area contributed by atoms with Gasteiger partial charge >= 0.3 is 5.97 Å². The van der Waals surface area contributed by atoms with Crippen LogP contribution in [0.3, 0.4) is 0 Å². The number of piperidine rings is 1. The Morgan fingerprint density at radius 3 is 2.69 bits per heavy atom. The number of anilines is 1. The minimum atomic E-state index is -0.759. The number of nitrogens with zero attached hydrogens (tertiary/aromatic N) is 1. The second kappa shape index (κ2) is 11.4. The molecular formula is C19H29Cl2N3O5. The third-order valence-corrected chi connectivity index (χ3v) is 5.53. The third-order valence-electron chi connectivity index (χ3n) is 5.22. The van der Waals surface area contributed by atoms with Crippen LogP contribution in [0.4, 0.5) is 5.69 Å². The molecule has 0 aliphatic carbocycles. The van der Waals surface area contributed by atoms with E-state index >= 15 is 0 Å². The fraction of sp³-hybridized carbons (Fsp3) is 0.579. The molecule has 2 aliphatic rings. The van der Waals surface area contributed by atoms with Crippen molar-refractivity contribution >= 4 is 41.6 Å². The standard InChI is InChI=1S/C19H26ClN3O4.ClH.H2O/c20-15-11-14(18-13(17(15)21)3-2-10-27-18)19(26)22-12-5-8-23(9-6-12)7-1-4-16(24)25;;/h11-12H,1-10,21H2,(H,22,26)(H,24,25);1H;1H2. The maximum Gasteiger partial charge on any atom is 0.303 e. The van der Waals surface area contributed by atoms with Gasteiger partial charge in [-0.05, 0) is 44.7 Å². The average Bonchev–Trinajstić information content (AvgIpc) is 2.66. The number of hydrogen-bond donors (Lipinski definition) is 3. The number of ether oxygens (including phenoxy) is 1. The Hall–Kier alpha value is -1.74. The number of nitrogen functional groups attached to an aromatic ring is 1. The van der Waals surface area contributed by atoms with Gasteiger partial charge in [0.05, 0.1) is 22.9 Å². The Bertz CT molecular complexity index is 724.